The van der Waals surface area contributed by atoms with Gasteiger partial charge < -0.3 is 0 Å². The van der Waals surface area contributed by atoms with Gasteiger partial charge in [0.15, 0.2) is 0 Å². The van der Waals surface area contributed by atoms with E-state index in [0.29, 0.717) is 0 Å². The fraction of sp³-hybridized carbons (Fsp3) is 0.806. The maximum Gasteiger partial charge on any atom is -0.0273 e. The molecule has 0 amide bonds. The Labute approximate surface area is 228 Å². The second kappa shape index (κ2) is 25.9. The predicted molar refractivity (Wildman–Crippen MR) is 165 cm³/mol. The van der Waals surface area contributed by atoms with Gasteiger partial charge in [0, 0.05) is 0 Å². The topological polar surface area (TPSA) is 0 Å². The number of unbranched alkanes of at least 4 members (excludes halogenated alkanes) is 21. The van der Waals surface area contributed by atoms with E-state index >= 15 is 0 Å². The van der Waals surface area contributed by atoms with Gasteiger partial charge in [0.2, 0.25) is 0 Å². The summed E-state index contributed by atoms with van der Waals surface area (Å²) in [6.45, 7) is 8.73. The van der Waals surface area contributed by atoms with Gasteiger partial charge in [-0.25, -0.2) is 0 Å². The number of rotatable bonds is 27. The van der Waals surface area contributed by atoms with Crippen LogP contribution in [0.4, 0.5) is 0 Å². The Balaban J connectivity index is 2.24. The molecule has 1 aromatic carbocycles. The Morgan fingerprint density at radius 2 is 0.750 bits per heavy atom. The van der Waals surface area contributed by atoms with Gasteiger partial charge in [-0.05, 0) is 55.2 Å². The van der Waals surface area contributed by atoms with E-state index in [1.165, 1.54) is 167 Å². The van der Waals surface area contributed by atoms with Gasteiger partial charge in [0.1, 0.15) is 0 Å². The maximum atomic E-state index is 4.12. The summed E-state index contributed by atoms with van der Waals surface area (Å²) in [7, 11) is 0. The van der Waals surface area contributed by atoms with Crippen LogP contribution in [0.1, 0.15) is 185 Å². The highest BCUT2D eigenvalue weighted by Gasteiger charge is 2.08. The van der Waals surface area contributed by atoms with Crippen molar-refractivity contribution in [3.05, 3.63) is 41.8 Å². The van der Waals surface area contributed by atoms with Crippen LogP contribution in [0.15, 0.2) is 18.2 Å². The average molecular weight is 498 g/mol. The summed E-state index contributed by atoms with van der Waals surface area (Å²) in [5.41, 5.74) is 5.00. The molecule has 0 aromatic heterocycles. The summed E-state index contributed by atoms with van der Waals surface area (Å²) in [5, 5.41) is 0. The van der Waals surface area contributed by atoms with Crippen LogP contribution in [-0.4, -0.2) is 0 Å². The van der Waals surface area contributed by atoms with Crippen molar-refractivity contribution in [3.63, 3.8) is 0 Å². The van der Waals surface area contributed by atoms with Crippen molar-refractivity contribution >= 4 is 0 Å². The van der Waals surface area contributed by atoms with Crippen molar-refractivity contribution in [1.82, 2.24) is 0 Å². The lowest BCUT2D eigenvalue weighted by atomic mass is 9.90. The summed E-state index contributed by atoms with van der Waals surface area (Å²) in [5.74, 6) is 0. The molecule has 1 aromatic rings. The molecule has 0 N–H and O–H groups in total. The molecule has 209 valence electrons. The Hall–Kier alpha value is -0.780. The summed E-state index contributed by atoms with van der Waals surface area (Å²) in [6.07, 6.45) is 37.6. The fourth-order valence-corrected chi connectivity index (χ4v) is 5.74. The Morgan fingerprint density at radius 3 is 1.08 bits per heavy atom. The highest BCUT2D eigenvalue weighted by Crippen LogP contribution is 2.23. The Morgan fingerprint density at radius 1 is 0.417 bits per heavy atom. The van der Waals surface area contributed by atoms with Crippen LogP contribution in [0.2, 0.25) is 0 Å². The molecule has 1 rings (SSSR count). The van der Waals surface area contributed by atoms with E-state index < -0.39 is 0 Å². The second-order valence-electron chi connectivity index (χ2n) is 11.6. The van der Waals surface area contributed by atoms with Crippen LogP contribution in [0.25, 0.3) is 0 Å². The third-order valence-corrected chi connectivity index (χ3v) is 8.15. The normalized spacial score (nSPS) is 11.4. The maximum absolute atomic E-state index is 4.12. The molecular formula is C36H65. The van der Waals surface area contributed by atoms with E-state index in [1.807, 2.05) is 0 Å². The van der Waals surface area contributed by atoms with E-state index in [-0.39, 0.29) is 0 Å². The number of hydrogen-bond acceptors (Lipinski definition) is 0. The van der Waals surface area contributed by atoms with Crippen molar-refractivity contribution in [3.8, 4) is 0 Å². The zero-order chi connectivity index (χ0) is 25.9. The van der Waals surface area contributed by atoms with Gasteiger partial charge in [-0.15, -0.1) is 0 Å². The van der Waals surface area contributed by atoms with E-state index in [1.54, 1.807) is 16.7 Å². The molecule has 1 radical (unpaired) electrons. The second-order valence-corrected chi connectivity index (χ2v) is 11.6. The Bertz CT molecular complexity index is 527. The molecule has 0 aliphatic rings. The van der Waals surface area contributed by atoms with Gasteiger partial charge in [0.25, 0.3) is 0 Å². The van der Waals surface area contributed by atoms with E-state index in [4.69, 9.17) is 0 Å². The number of aryl methyl sites for hydroxylation is 2. The first-order valence-electron chi connectivity index (χ1n) is 16.7. The molecule has 0 saturated carbocycles. The molecule has 0 aliphatic carbocycles. The first-order valence-corrected chi connectivity index (χ1v) is 16.7. The standard InChI is InChI=1S/C36H65/c1-4-7-10-12-14-16-18-20-22-24-26-29-34-31-28-32-35(36(34)33-9-6-3)30-27-25-23-21-19-17-15-13-11-8-5-2/h28,31-32H,3-27,29-30,33H2,1-2H3. The summed E-state index contributed by atoms with van der Waals surface area (Å²) in [6, 6.07) is 7.20. The molecule has 0 aliphatic heterocycles. The van der Waals surface area contributed by atoms with Crippen molar-refractivity contribution in [2.45, 2.75) is 187 Å². The third-order valence-electron chi connectivity index (χ3n) is 8.15. The van der Waals surface area contributed by atoms with Crippen molar-refractivity contribution in [1.29, 1.82) is 0 Å². The van der Waals surface area contributed by atoms with Crippen LogP contribution in [0.5, 0.6) is 0 Å². The van der Waals surface area contributed by atoms with Gasteiger partial charge in [-0.1, -0.05) is 174 Å². The highest BCUT2D eigenvalue weighted by atomic mass is 14.1. The lowest BCUT2D eigenvalue weighted by Crippen LogP contribution is -2.02. The molecule has 0 heteroatoms. The van der Waals surface area contributed by atoms with Crippen molar-refractivity contribution in [2.24, 2.45) is 0 Å². The van der Waals surface area contributed by atoms with Gasteiger partial charge in [-0.3, -0.25) is 0 Å². The largest absolute Gasteiger partial charge is 0.0654 e. The average Bonchev–Trinajstić information content (AvgIpc) is 2.89. The lowest BCUT2D eigenvalue weighted by Gasteiger charge is -2.15. The summed E-state index contributed by atoms with van der Waals surface area (Å²) >= 11 is 0. The zero-order valence-electron chi connectivity index (χ0n) is 25.0. The molecule has 0 nitrogen and oxygen atoms in total. The van der Waals surface area contributed by atoms with Gasteiger partial charge in [0.05, 0.1) is 0 Å². The van der Waals surface area contributed by atoms with Crippen LogP contribution in [0, 0.1) is 6.92 Å². The van der Waals surface area contributed by atoms with Crippen LogP contribution in [0.3, 0.4) is 0 Å². The molecule has 0 atom stereocenters. The van der Waals surface area contributed by atoms with Gasteiger partial charge in [-0.2, -0.15) is 0 Å². The van der Waals surface area contributed by atoms with Crippen LogP contribution >= 0.6 is 0 Å². The fourth-order valence-electron chi connectivity index (χ4n) is 5.74. The third kappa shape index (κ3) is 18.5. The first-order chi connectivity index (χ1) is 17.8. The van der Waals surface area contributed by atoms with Crippen molar-refractivity contribution in [2.75, 3.05) is 0 Å². The molecule has 0 unspecified atom stereocenters. The number of hydrogen-bond donors (Lipinski definition) is 0. The minimum absolute atomic E-state index is 1.06. The van der Waals surface area contributed by atoms with Gasteiger partial charge >= 0.3 is 0 Å². The summed E-state index contributed by atoms with van der Waals surface area (Å²) < 4.78 is 0. The van der Waals surface area contributed by atoms with E-state index in [0.717, 1.165) is 6.42 Å². The SMILES string of the molecule is [CH2]CCCc1c(CCCCCCCCCCCCC)cccc1CCCCCCCCCCCCC. The smallest absolute Gasteiger partial charge is 0.0273 e. The quantitative estimate of drug-likeness (QED) is 0.106. The lowest BCUT2D eigenvalue weighted by molar-refractivity contribution is 0.548. The van der Waals surface area contributed by atoms with E-state index in [9.17, 15) is 0 Å². The van der Waals surface area contributed by atoms with Crippen LogP contribution in [-0.2, 0) is 19.3 Å². The minimum atomic E-state index is 1.06. The first kappa shape index (κ1) is 33.2. The zero-order valence-corrected chi connectivity index (χ0v) is 25.0. The molecule has 0 spiro atoms. The minimum Gasteiger partial charge on any atom is -0.0654 e. The molecule has 0 fully saturated rings. The molecule has 36 heavy (non-hydrogen) atoms. The highest BCUT2D eigenvalue weighted by molar-refractivity contribution is 5.36. The molecular weight excluding hydrogens is 432 g/mol. The Kier molecular flexibility index (Phi) is 23.9. The monoisotopic (exact) mass is 498 g/mol. The molecule has 0 bridgehead atoms. The van der Waals surface area contributed by atoms with E-state index in [2.05, 4.69) is 39.0 Å². The summed E-state index contributed by atoms with van der Waals surface area (Å²) in [4.78, 5) is 0. The molecule has 0 saturated heterocycles. The van der Waals surface area contributed by atoms with Crippen molar-refractivity contribution < 1.29 is 0 Å². The number of benzene rings is 1. The van der Waals surface area contributed by atoms with Crippen LogP contribution < -0.4 is 0 Å². The predicted octanol–water partition coefficient (Wildman–Crippen LogP) is 12.6. The molecule has 0 heterocycles.